The van der Waals surface area contributed by atoms with Crippen molar-refractivity contribution in [1.82, 2.24) is 10.3 Å². The molecule has 4 nitrogen and oxygen atoms in total. The molecule has 0 aliphatic rings. The van der Waals surface area contributed by atoms with Crippen molar-refractivity contribution in [2.75, 3.05) is 6.54 Å². The number of nitrogens with two attached hydrogens (primary N) is 1. The highest BCUT2D eigenvalue weighted by Crippen LogP contribution is 2.11. The van der Waals surface area contributed by atoms with E-state index in [0.29, 0.717) is 6.54 Å². The zero-order valence-corrected chi connectivity index (χ0v) is 10.5. The molecule has 2 atom stereocenters. The van der Waals surface area contributed by atoms with E-state index in [1.54, 1.807) is 6.20 Å². The van der Waals surface area contributed by atoms with Crippen LogP contribution in [0.15, 0.2) is 24.4 Å². The Balaban J connectivity index is 2.56. The molecule has 94 valence electrons. The molecule has 0 saturated heterocycles. The highest BCUT2D eigenvalue weighted by Gasteiger charge is 2.18. The number of aromatic nitrogens is 1. The molecule has 4 heteroatoms. The van der Waals surface area contributed by atoms with Gasteiger partial charge in [-0.15, -0.1) is 0 Å². The van der Waals surface area contributed by atoms with E-state index in [-0.39, 0.29) is 17.9 Å². The molecule has 1 aromatic rings. The maximum Gasteiger partial charge on any atom is 0.224 e. The maximum atomic E-state index is 11.9. The molecule has 1 rings (SSSR count). The highest BCUT2D eigenvalue weighted by atomic mass is 16.1. The first-order valence-electron chi connectivity index (χ1n) is 6.10. The van der Waals surface area contributed by atoms with Gasteiger partial charge in [-0.05, 0) is 25.5 Å². The Labute approximate surface area is 103 Å². The van der Waals surface area contributed by atoms with Gasteiger partial charge in [0.1, 0.15) is 0 Å². The first-order valence-corrected chi connectivity index (χ1v) is 6.10. The lowest BCUT2D eigenvalue weighted by atomic mass is 10.0. The molecule has 1 unspecified atom stereocenters. The van der Waals surface area contributed by atoms with Crippen molar-refractivity contribution in [1.29, 1.82) is 0 Å². The quantitative estimate of drug-likeness (QED) is 0.787. The molecule has 0 spiro atoms. The predicted octanol–water partition coefficient (Wildman–Crippen LogP) is 1.63. The van der Waals surface area contributed by atoms with Crippen molar-refractivity contribution in [2.24, 2.45) is 11.7 Å². The second kappa shape index (κ2) is 7.01. The number of nitrogens with one attached hydrogen (secondary N) is 1. The van der Waals surface area contributed by atoms with Crippen molar-refractivity contribution in [3.8, 4) is 0 Å². The zero-order chi connectivity index (χ0) is 12.7. The van der Waals surface area contributed by atoms with Gasteiger partial charge in [-0.1, -0.05) is 19.4 Å². The van der Waals surface area contributed by atoms with Crippen molar-refractivity contribution >= 4 is 5.91 Å². The van der Waals surface area contributed by atoms with E-state index in [4.69, 9.17) is 5.73 Å². The molecule has 0 bridgehead atoms. The molecule has 1 heterocycles. The number of nitrogens with zero attached hydrogens (tertiary/aromatic N) is 1. The Morgan fingerprint density at radius 3 is 2.82 bits per heavy atom. The van der Waals surface area contributed by atoms with Crippen LogP contribution in [0.5, 0.6) is 0 Å². The Hall–Kier alpha value is -1.42. The summed E-state index contributed by atoms with van der Waals surface area (Å²) in [5, 5.41) is 2.95. The molecule has 0 fully saturated rings. The third-order valence-electron chi connectivity index (χ3n) is 2.78. The second-order valence-electron chi connectivity index (χ2n) is 4.21. The topological polar surface area (TPSA) is 68.0 Å². The molecule has 3 N–H and O–H groups in total. The lowest BCUT2D eigenvalue weighted by Crippen LogP contribution is -2.36. The SMILES string of the molecule is CCCC(CN)C(=O)N[C@@H](C)c1ccccn1. The standard InChI is InChI=1S/C13H21N3O/c1-3-6-11(9-14)13(17)16-10(2)12-7-4-5-8-15-12/h4-5,7-8,10-11H,3,6,9,14H2,1-2H3,(H,16,17)/t10-,11?/m0/s1. The van der Waals surface area contributed by atoms with E-state index >= 15 is 0 Å². The summed E-state index contributed by atoms with van der Waals surface area (Å²) in [6, 6.07) is 5.60. The number of pyridine rings is 1. The number of amides is 1. The van der Waals surface area contributed by atoms with Crippen molar-refractivity contribution in [3.63, 3.8) is 0 Å². The van der Waals surface area contributed by atoms with E-state index in [9.17, 15) is 4.79 Å². The fourth-order valence-corrected chi connectivity index (χ4v) is 1.74. The Morgan fingerprint density at radius 2 is 2.29 bits per heavy atom. The van der Waals surface area contributed by atoms with Crippen molar-refractivity contribution in [3.05, 3.63) is 30.1 Å². The van der Waals surface area contributed by atoms with E-state index in [2.05, 4.69) is 17.2 Å². The van der Waals surface area contributed by atoms with Crippen LogP contribution < -0.4 is 11.1 Å². The number of hydrogen-bond acceptors (Lipinski definition) is 3. The lowest BCUT2D eigenvalue weighted by molar-refractivity contribution is -0.125. The minimum absolute atomic E-state index is 0.0208. The molecule has 0 aliphatic carbocycles. The Bertz CT molecular complexity index is 340. The maximum absolute atomic E-state index is 11.9. The van der Waals surface area contributed by atoms with Crippen LogP contribution in [0.2, 0.25) is 0 Å². The van der Waals surface area contributed by atoms with Gasteiger partial charge in [-0.2, -0.15) is 0 Å². The van der Waals surface area contributed by atoms with Gasteiger partial charge in [0.15, 0.2) is 0 Å². The van der Waals surface area contributed by atoms with Crippen LogP contribution in [0.3, 0.4) is 0 Å². The summed E-state index contributed by atoms with van der Waals surface area (Å²) >= 11 is 0. The number of hydrogen-bond donors (Lipinski definition) is 2. The largest absolute Gasteiger partial charge is 0.348 e. The third kappa shape index (κ3) is 4.15. The summed E-state index contributed by atoms with van der Waals surface area (Å²) in [6.07, 6.45) is 3.52. The lowest BCUT2D eigenvalue weighted by Gasteiger charge is -2.18. The minimum atomic E-state index is -0.0915. The van der Waals surface area contributed by atoms with Gasteiger partial charge in [-0.3, -0.25) is 9.78 Å². The summed E-state index contributed by atoms with van der Waals surface area (Å²) in [7, 11) is 0. The monoisotopic (exact) mass is 235 g/mol. The molecule has 1 aromatic heterocycles. The van der Waals surface area contributed by atoms with E-state index in [1.807, 2.05) is 25.1 Å². The first-order chi connectivity index (χ1) is 8.19. The average Bonchev–Trinajstić information content (AvgIpc) is 2.36. The molecule has 0 aromatic carbocycles. The highest BCUT2D eigenvalue weighted by molar-refractivity contribution is 5.79. The number of rotatable bonds is 6. The summed E-state index contributed by atoms with van der Waals surface area (Å²) < 4.78 is 0. The Morgan fingerprint density at radius 1 is 1.53 bits per heavy atom. The van der Waals surface area contributed by atoms with Gasteiger partial charge in [0.05, 0.1) is 17.7 Å². The fourth-order valence-electron chi connectivity index (χ4n) is 1.74. The van der Waals surface area contributed by atoms with E-state index < -0.39 is 0 Å². The van der Waals surface area contributed by atoms with Crippen LogP contribution in [-0.4, -0.2) is 17.4 Å². The van der Waals surface area contributed by atoms with Gasteiger partial charge in [0, 0.05) is 12.7 Å². The molecule has 0 radical (unpaired) electrons. The summed E-state index contributed by atoms with van der Waals surface area (Å²) in [5.74, 6) is -0.0707. The number of carbonyl (C=O) groups is 1. The van der Waals surface area contributed by atoms with E-state index in [0.717, 1.165) is 18.5 Å². The zero-order valence-electron chi connectivity index (χ0n) is 10.5. The molecular weight excluding hydrogens is 214 g/mol. The predicted molar refractivity (Wildman–Crippen MR) is 68.2 cm³/mol. The van der Waals surface area contributed by atoms with Crippen LogP contribution in [0, 0.1) is 5.92 Å². The number of carbonyl (C=O) groups excluding carboxylic acids is 1. The average molecular weight is 235 g/mol. The van der Waals surface area contributed by atoms with Gasteiger partial charge < -0.3 is 11.1 Å². The van der Waals surface area contributed by atoms with Crippen molar-refractivity contribution < 1.29 is 4.79 Å². The van der Waals surface area contributed by atoms with Crippen molar-refractivity contribution in [2.45, 2.75) is 32.7 Å². The minimum Gasteiger partial charge on any atom is -0.348 e. The van der Waals surface area contributed by atoms with Gasteiger partial charge in [0.25, 0.3) is 0 Å². The van der Waals surface area contributed by atoms with Crippen LogP contribution in [0.25, 0.3) is 0 Å². The molecule has 1 amide bonds. The van der Waals surface area contributed by atoms with Gasteiger partial charge in [0.2, 0.25) is 5.91 Å². The van der Waals surface area contributed by atoms with Gasteiger partial charge >= 0.3 is 0 Å². The van der Waals surface area contributed by atoms with Crippen LogP contribution in [0.4, 0.5) is 0 Å². The summed E-state index contributed by atoms with van der Waals surface area (Å²) in [4.78, 5) is 16.1. The summed E-state index contributed by atoms with van der Waals surface area (Å²) in [6.45, 7) is 4.38. The summed E-state index contributed by atoms with van der Waals surface area (Å²) in [5.41, 5.74) is 6.47. The molecular formula is C13H21N3O. The van der Waals surface area contributed by atoms with Crippen LogP contribution >= 0.6 is 0 Å². The molecule has 17 heavy (non-hydrogen) atoms. The Kier molecular flexibility index (Phi) is 5.63. The third-order valence-corrected chi connectivity index (χ3v) is 2.78. The molecule has 0 aliphatic heterocycles. The smallest absolute Gasteiger partial charge is 0.224 e. The van der Waals surface area contributed by atoms with Crippen LogP contribution in [-0.2, 0) is 4.79 Å². The molecule has 0 saturated carbocycles. The first kappa shape index (κ1) is 13.6. The second-order valence-corrected chi connectivity index (χ2v) is 4.21. The fraction of sp³-hybridized carbons (Fsp3) is 0.538. The van der Waals surface area contributed by atoms with Gasteiger partial charge in [-0.25, -0.2) is 0 Å². The van der Waals surface area contributed by atoms with E-state index in [1.165, 1.54) is 0 Å². The normalized spacial score (nSPS) is 14.1. The van der Waals surface area contributed by atoms with Crippen LogP contribution in [0.1, 0.15) is 38.4 Å².